The van der Waals surface area contributed by atoms with Crippen LogP contribution in [0.3, 0.4) is 0 Å². The Morgan fingerprint density at radius 2 is 1.63 bits per heavy atom. The van der Waals surface area contributed by atoms with Crippen LogP contribution in [0.25, 0.3) is 0 Å². The molecule has 8 heteroatoms. The van der Waals surface area contributed by atoms with Gasteiger partial charge in [0.1, 0.15) is 0 Å². The third-order valence-electron chi connectivity index (χ3n) is 12.1. The first kappa shape index (κ1) is 30.1. The lowest BCUT2D eigenvalue weighted by Gasteiger charge is -2.64. The fraction of sp³-hybridized carbons (Fsp3) is 0.967. The highest BCUT2D eigenvalue weighted by atomic mass is 32.2. The zero-order valence-electron chi connectivity index (χ0n) is 24.8. The average molecular weight is 555 g/mol. The molecule has 0 saturated heterocycles. The number of aliphatic hydroxyl groups excluding tert-OH is 2. The number of nitrogens with one attached hydrogen (secondary N) is 2. The number of urea groups is 1. The molecule has 4 aliphatic carbocycles. The number of rotatable bonds is 6. The minimum atomic E-state index is -3.73. The molecule has 0 aromatic rings. The van der Waals surface area contributed by atoms with Gasteiger partial charge in [0.15, 0.2) is 0 Å². The molecule has 0 aromatic carbocycles. The van der Waals surface area contributed by atoms with Gasteiger partial charge in [-0.2, -0.15) is 0 Å². The Balaban J connectivity index is 1.43. The maximum absolute atomic E-state index is 12.3. The summed E-state index contributed by atoms with van der Waals surface area (Å²) in [6.45, 7) is 14.6. The van der Waals surface area contributed by atoms with Crippen molar-refractivity contribution in [3.05, 3.63) is 0 Å². The molecule has 4 fully saturated rings. The number of amides is 2. The highest BCUT2D eigenvalue weighted by Gasteiger charge is 2.64. The molecule has 0 aromatic heterocycles. The lowest BCUT2D eigenvalue weighted by molar-refractivity contribution is -0.203. The SMILES string of the molecule is CC[C@H]1[C@@H](O)[C@@H]2[C@H](CC[C@]3(C)[C@@H]([C@H](C)CCNC(=O)NS(=O)(=O)C(C)(C)C)CC[C@@H]23)[C@@]2(C)CC[C@@H](O)C[C@@H]12. The Kier molecular flexibility index (Phi) is 8.33. The fourth-order valence-electron chi connectivity index (χ4n) is 9.86. The summed E-state index contributed by atoms with van der Waals surface area (Å²) in [4.78, 5) is 12.3. The van der Waals surface area contributed by atoms with Gasteiger partial charge < -0.3 is 15.5 Å². The molecule has 7 nitrogen and oxygen atoms in total. The van der Waals surface area contributed by atoms with Crippen LogP contribution in [-0.4, -0.2) is 48.2 Å². The molecule has 0 bridgehead atoms. The molecule has 0 aliphatic heterocycles. The summed E-state index contributed by atoms with van der Waals surface area (Å²) in [5.74, 6) is 2.98. The zero-order valence-corrected chi connectivity index (χ0v) is 25.6. The number of carbonyl (C=O) groups is 1. The second-order valence-corrected chi connectivity index (χ2v) is 17.3. The summed E-state index contributed by atoms with van der Waals surface area (Å²) in [5.41, 5.74) is 0.384. The van der Waals surface area contributed by atoms with E-state index in [-0.39, 0.29) is 29.0 Å². The molecule has 220 valence electrons. The Labute approximate surface area is 231 Å². The maximum Gasteiger partial charge on any atom is 0.328 e. The first-order valence-corrected chi connectivity index (χ1v) is 16.7. The lowest BCUT2D eigenvalue weighted by atomic mass is 9.41. The Morgan fingerprint density at radius 1 is 1.00 bits per heavy atom. The van der Waals surface area contributed by atoms with E-state index in [0.717, 1.165) is 51.4 Å². The van der Waals surface area contributed by atoms with Crippen LogP contribution in [0.15, 0.2) is 0 Å². The predicted octanol–water partition coefficient (Wildman–Crippen LogP) is 5.07. The fourth-order valence-corrected chi connectivity index (χ4v) is 10.5. The number of hydrogen-bond acceptors (Lipinski definition) is 5. The van der Waals surface area contributed by atoms with Crippen molar-refractivity contribution in [3.8, 4) is 0 Å². The highest BCUT2D eigenvalue weighted by molar-refractivity contribution is 7.91. The molecular weight excluding hydrogens is 500 g/mol. The highest BCUT2D eigenvalue weighted by Crippen LogP contribution is 2.69. The van der Waals surface area contributed by atoms with E-state index < -0.39 is 20.8 Å². The van der Waals surface area contributed by atoms with Gasteiger partial charge in [0.05, 0.1) is 17.0 Å². The monoisotopic (exact) mass is 554 g/mol. The number of aliphatic hydroxyl groups is 2. The molecule has 4 rings (SSSR count). The van der Waals surface area contributed by atoms with Gasteiger partial charge in [-0.3, -0.25) is 0 Å². The number of hydrogen-bond donors (Lipinski definition) is 4. The van der Waals surface area contributed by atoms with Crippen molar-refractivity contribution in [3.63, 3.8) is 0 Å². The lowest BCUT2D eigenvalue weighted by Crippen LogP contribution is -2.62. The number of carbonyl (C=O) groups excluding carboxylic acids is 1. The third kappa shape index (κ3) is 5.04. The number of fused-ring (bicyclic) bond motifs is 5. The van der Waals surface area contributed by atoms with E-state index in [0.29, 0.717) is 42.1 Å². The molecule has 4 N–H and O–H groups in total. The van der Waals surface area contributed by atoms with E-state index in [4.69, 9.17) is 0 Å². The van der Waals surface area contributed by atoms with Gasteiger partial charge in [0.25, 0.3) is 0 Å². The van der Waals surface area contributed by atoms with Gasteiger partial charge in [-0.1, -0.05) is 34.1 Å². The zero-order chi connectivity index (χ0) is 28.3. The van der Waals surface area contributed by atoms with Crippen LogP contribution in [0.1, 0.15) is 106 Å². The minimum absolute atomic E-state index is 0.176. The predicted molar refractivity (Wildman–Crippen MR) is 151 cm³/mol. The summed E-state index contributed by atoms with van der Waals surface area (Å²) >= 11 is 0. The number of sulfonamides is 1. The van der Waals surface area contributed by atoms with Crippen molar-refractivity contribution in [2.45, 2.75) is 123 Å². The Bertz CT molecular complexity index is 980. The molecule has 0 spiro atoms. The molecule has 0 unspecified atom stereocenters. The smallest absolute Gasteiger partial charge is 0.328 e. The normalized spacial score (nSPS) is 43.9. The van der Waals surface area contributed by atoms with E-state index in [9.17, 15) is 23.4 Å². The van der Waals surface area contributed by atoms with Crippen LogP contribution in [0.4, 0.5) is 4.79 Å². The van der Waals surface area contributed by atoms with Gasteiger partial charge in [-0.15, -0.1) is 0 Å². The van der Waals surface area contributed by atoms with Crippen molar-refractivity contribution < 1.29 is 23.4 Å². The van der Waals surface area contributed by atoms with Gasteiger partial charge in [0.2, 0.25) is 10.0 Å². The summed E-state index contributed by atoms with van der Waals surface area (Å²) in [6.07, 6.45) is 8.72. The molecular formula is C30H54N2O5S. The van der Waals surface area contributed by atoms with Crippen LogP contribution in [0.2, 0.25) is 0 Å². The van der Waals surface area contributed by atoms with Crippen molar-refractivity contribution in [2.24, 2.45) is 52.3 Å². The van der Waals surface area contributed by atoms with E-state index in [2.05, 4.69) is 37.7 Å². The van der Waals surface area contributed by atoms with Crippen LogP contribution < -0.4 is 10.0 Å². The molecule has 2 amide bonds. The first-order chi connectivity index (χ1) is 17.6. The average Bonchev–Trinajstić information content (AvgIpc) is 3.16. The van der Waals surface area contributed by atoms with E-state index in [1.54, 1.807) is 20.8 Å². The van der Waals surface area contributed by atoms with Crippen molar-refractivity contribution in [1.82, 2.24) is 10.0 Å². The van der Waals surface area contributed by atoms with Gasteiger partial charge in [0, 0.05) is 6.54 Å². The second-order valence-electron chi connectivity index (χ2n) is 14.9. The van der Waals surface area contributed by atoms with Crippen LogP contribution >= 0.6 is 0 Å². The molecule has 4 aliphatic rings. The maximum atomic E-state index is 12.3. The Morgan fingerprint density at radius 3 is 2.26 bits per heavy atom. The van der Waals surface area contributed by atoms with Crippen LogP contribution in [-0.2, 0) is 10.0 Å². The quantitative estimate of drug-likeness (QED) is 0.366. The van der Waals surface area contributed by atoms with E-state index >= 15 is 0 Å². The van der Waals surface area contributed by atoms with Gasteiger partial charge >= 0.3 is 6.03 Å². The van der Waals surface area contributed by atoms with Gasteiger partial charge in [-0.25, -0.2) is 17.9 Å². The summed E-state index contributed by atoms with van der Waals surface area (Å²) in [5, 5.41) is 25.1. The van der Waals surface area contributed by atoms with Gasteiger partial charge in [-0.05, 0) is 124 Å². The van der Waals surface area contributed by atoms with Crippen molar-refractivity contribution in [2.75, 3.05) is 6.54 Å². The topological polar surface area (TPSA) is 116 Å². The van der Waals surface area contributed by atoms with Crippen LogP contribution in [0, 0.1) is 52.3 Å². The Hall–Kier alpha value is -0.860. The summed E-state index contributed by atoms with van der Waals surface area (Å²) in [6, 6.07) is -0.653. The van der Waals surface area contributed by atoms with E-state index in [1.807, 2.05) is 0 Å². The third-order valence-corrected chi connectivity index (χ3v) is 14.1. The molecule has 4 saturated carbocycles. The molecule has 0 heterocycles. The second kappa shape index (κ2) is 10.5. The summed E-state index contributed by atoms with van der Waals surface area (Å²) < 4.78 is 25.7. The standard InChI is InChI=1S/C30H54N2O5S/c1-8-20-24-17-19(33)11-14-30(24,7)23-12-15-29(6)21(9-10-22(29)25(23)26(20)34)18(2)13-16-31-27(35)32-38(36,37)28(3,4)5/h18-26,33-34H,8-17H2,1-7H3,(H2,31,32,35)/t18-,19-,20-,21-,22+,23+,24+,25+,26-,29-,30-/m1/s1. The summed E-state index contributed by atoms with van der Waals surface area (Å²) in [7, 11) is -3.73. The van der Waals surface area contributed by atoms with Crippen molar-refractivity contribution in [1.29, 1.82) is 0 Å². The van der Waals surface area contributed by atoms with E-state index in [1.165, 1.54) is 6.42 Å². The van der Waals surface area contributed by atoms with Crippen LogP contribution in [0.5, 0.6) is 0 Å². The molecule has 0 radical (unpaired) electrons. The minimum Gasteiger partial charge on any atom is -0.393 e. The molecule has 38 heavy (non-hydrogen) atoms. The van der Waals surface area contributed by atoms with Crippen molar-refractivity contribution >= 4 is 16.1 Å². The molecule has 11 atom stereocenters. The largest absolute Gasteiger partial charge is 0.393 e. The first-order valence-electron chi connectivity index (χ1n) is 15.2.